The number of ether oxygens (including phenoxy) is 1. The number of amides is 2. The molecule has 1 saturated heterocycles. The number of carbonyl (C=O) groups is 2. The van der Waals surface area contributed by atoms with Gasteiger partial charge in [0.2, 0.25) is 0 Å². The van der Waals surface area contributed by atoms with E-state index in [4.69, 9.17) is 9.84 Å². The van der Waals surface area contributed by atoms with Gasteiger partial charge in [-0.1, -0.05) is 26.7 Å². The molecule has 6 heteroatoms. The summed E-state index contributed by atoms with van der Waals surface area (Å²) in [5.41, 5.74) is 0.0394. The lowest BCUT2D eigenvalue weighted by Crippen LogP contribution is -2.49. The first-order valence-corrected chi connectivity index (χ1v) is 7.32. The number of aliphatic carboxylic acids is 1. The third kappa shape index (κ3) is 5.77. The molecular formula is C14H26N2O4. The van der Waals surface area contributed by atoms with E-state index >= 15 is 0 Å². The molecule has 1 heterocycles. The number of carboxylic acids is 1. The highest BCUT2D eigenvalue weighted by Gasteiger charge is 2.28. The number of hydrogen-bond acceptors (Lipinski definition) is 3. The Morgan fingerprint density at radius 3 is 2.55 bits per heavy atom. The van der Waals surface area contributed by atoms with Crippen molar-refractivity contribution in [2.45, 2.75) is 52.0 Å². The van der Waals surface area contributed by atoms with Crippen molar-refractivity contribution in [2.24, 2.45) is 5.41 Å². The predicted molar refractivity (Wildman–Crippen MR) is 75.6 cm³/mol. The van der Waals surface area contributed by atoms with E-state index in [1.807, 2.05) is 6.92 Å². The summed E-state index contributed by atoms with van der Waals surface area (Å²) in [5, 5.41) is 14.4. The number of unbranched alkanes of at least 4 members (excludes halogenated alkanes) is 1. The van der Waals surface area contributed by atoms with Gasteiger partial charge in [-0.05, 0) is 24.7 Å². The van der Waals surface area contributed by atoms with Crippen LogP contribution in [0.25, 0.3) is 0 Å². The zero-order valence-electron chi connectivity index (χ0n) is 12.4. The SMILES string of the molecule is CCCCC(NC(=O)NCC1(C)CCOCC1)C(=O)O. The molecule has 0 radical (unpaired) electrons. The van der Waals surface area contributed by atoms with E-state index in [0.717, 1.165) is 25.7 Å². The molecule has 0 bridgehead atoms. The molecule has 116 valence electrons. The standard InChI is InChI=1S/C14H26N2O4/c1-3-4-5-11(12(17)18)16-13(19)15-10-14(2)6-8-20-9-7-14/h11H,3-10H2,1-2H3,(H,17,18)(H2,15,16,19). The van der Waals surface area contributed by atoms with E-state index in [2.05, 4.69) is 17.6 Å². The van der Waals surface area contributed by atoms with E-state index < -0.39 is 18.0 Å². The molecule has 0 saturated carbocycles. The fraction of sp³-hybridized carbons (Fsp3) is 0.857. The Kier molecular flexibility index (Phi) is 6.78. The lowest BCUT2D eigenvalue weighted by Gasteiger charge is -2.33. The van der Waals surface area contributed by atoms with Gasteiger partial charge in [-0.2, -0.15) is 0 Å². The molecule has 2 amide bonds. The number of urea groups is 1. The molecule has 1 unspecified atom stereocenters. The smallest absolute Gasteiger partial charge is 0.326 e. The minimum Gasteiger partial charge on any atom is -0.480 e. The second kappa shape index (κ2) is 8.09. The van der Waals surface area contributed by atoms with Gasteiger partial charge >= 0.3 is 12.0 Å². The Bertz CT molecular complexity index is 327. The van der Waals surface area contributed by atoms with Crippen molar-refractivity contribution < 1.29 is 19.4 Å². The first kappa shape index (κ1) is 16.8. The Hall–Kier alpha value is -1.30. The third-order valence-corrected chi connectivity index (χ3v) is 3.83. The topological polar surface area (TPSA) is 87.7 Å². The quantitative estimate of drug-likeness (QED) is 0.665. The summed E-state index contributed by atoms with van der Waals surface area (Å²) in [6.07, 6.45) is 3.97. The van der Waals surface area contributed by atoms with Gasteiger partial charge in [0, 0.05) is 19.8 Å². The molecule has 0 aromatic heterocycles. The van der Waals surface area contributed by atoms with E-state index in [1.54, 1.807) is 0 Å². The third-order valence-electron chi connectivity index (χ3n) is 3.83. The van der Waals surface area contributed by atoms with Crippen LogP contribution in [0.4, 0.5) is 4.79 Å². The summed E-state index contributed by atoms with van der Waals surface area (Å²) >= 11 is 0. The lowest BCUT2D eigenvalue weighted by atomic mass is 9.82. The molecule has 1 atom stereocenters. The predicted octanol–water partition coefficient (Wildman–Crippen LogP) is 1.75. The van der Waals surface area contributed by atoms with Crippen molar-refractivity contribution in [1.82, 2.24) is 10.6 Å². The molecule has 0 spiro atoms. The highest BCUT2D eigenvalue weighted by atomic mass is 16.5. The van der Waals surface area contributed by atoms with Crippen LogP contribution >= 0.6 is 0 Å². The summed E-state index contributed by atoms with van der Waals surface area (Å²) in [6.45, 7) is 6.08. The fourth-order valence-electron chi connectivity index (χ4n) is 2.21. The van der Waals surface area contributed by atoms with Crippen molar-refractivity contribution in [3.8, 4) is 0 Å². The Balaban J connectivity index is 2.35. The Morgan fingerprint density at radius 1 is 1.35 bits per heavy atom. The van der Waals surface area contributed by atoms with Crippen LogP contribution in [-0.4, -0.2) is 42.9 Å². The van der Waals surface area contributed by atoms with Crippen LogP contribution < -0.4 is 10.6 Å². The molecule has 20 heavy (non-hydrogen) atoms. The van der Waals surface area contributed by atoms with E-state index in [9.17, 15) is 9.59 Å². The summed E-state index contributed by atoms with van der Waals surface area (Å²) in [5.74, 6) is -0.981. The minimum atomic E-state index is -0.981. The minimum absolute atomic E-state index is 0.0394. The normalized spacial score (nSPS) is 19.1. The highest BCUT2D eigenvalue weighted by Crippen LogP contribution is 2.28. The zero-order valence-corrected chi connectivity index (χ0v) is 12.4. The molecule has 1 aliphatic rings. The summed E-state index contributed by atoms with van der Waals surface area (Å²) < 4.78 is 5.31. The molecule has 0 aromatic carbocycles. The number of rotatable bonds is 7. The number of hydrogen-bond donors (Lipinski definition) is 3. The first-order chi connectivity index (χ1) is 9.47. The number of nitrogens with one attached hydrogen (secondary N) is 2. The molecule has 1 fully saturated rings. The molecule has 1 rings (SSSR count). The van der Waals surface area contributed by atoms with Crippen molar-refractivity contribution in [3.05, 3.63) is 0 Å². The van der Waals surface area contributed by atoms with Crippen LogP contribution in [0.5, 0.6) is 0 Å². The van der Waals surface area contributed by atoms with Gasteiger partial charge in [-0.15, -0.1) is 0 Å². The van der Waals surface area contributed by atoms with Crippen LogP contribution in [0.3, 0.4) is 0 Å². The maximum Gasteiger partial charge on any atom is 0.326 e. The maximum absolute atomic E-state index is 11.8. The Morgan fingerprint density at radius 2 is 2.00 bits per heavy atom. The zero-order chi connectivity index (χ0) is 15.0. The van der Waals surface area contributed by atoms with Crippen molar-refractivity contribution >= 4 is 12.0 Å². The van der Waals surface area contributed by atoms with Gasteiger partial charge in [0.25, 0.3) is 0 Å². The van der Waals surface area contributed by atoms with Crippen molar-refractivity contribution in [2.75, 3.05) is 19.8 Å². The lowest BCUT2D eigenvalue weighted by molar-refractivity contribution is -0.139. The van der Waals surface area contributed by atoms with Crippen LogP contribution in [0.15, 0.2) is 0 Å². The van der Waals surface area contributed by atoms with Crippen molar-refractivity contribution in [3.63, 3.8) is 0 Å². The molecule has 1 aliphatic heterocycles. The van der Waals surface area contributed by atoms with E-state index in [-0.39, 0.29) is 5.41 Å². The number of carboxylic acid groups (broad SMARTS) is 1. The van der Waals surface area contributed by atoms with E-state index in [1.165, 1.54) is 0 Å². The monoisotopic (exact) mass is 286 g/mol. The van der Waals surface area contributed by atoms with Crippen LogP contribution in [0.1, 0.15) is 46.0 Å². The molecule has 0 aliphatic carbocycles. The average molecular weight is 286 g/mol. The van der Waals surface area contributed by atoms with Crippen molar-refractivity contribution in [1.29, 1.82) is 0 Å². The molecular weight excluding hydrogens is 260 g/mol. The molecule has 0 aromatic rings. The van der Waals surface area contributed by atoms with Crippen LogP contribution in [0, 0.1) is 5.41 Å². The first-order valence-electron chi connectivity index (χ1n) is 7.32. The second-order valence-electron chi connectivity index (χ2n) is 5.78. The van der Waals surface area contributed by atoms with Crippen LogP contribution in [0.2, 0.25) is 0 Å². The van der Waals surface area contributed by atoms with Gasteiger partial charge in [0.15, 0.2) is 0 Å². The number of carbonyl (C=O) groups excluding carboxylic acids is 1. The van der Waals surface area contributed by atoms with Gasteiger partial charge in [0.1, 0.15) is 6.04 Å². The summed E-state index contributed by atoms with van der Waals surface area (Å²) in [6, 6.07) is -1.21. The Labute approximate surface area is 120 Å². The van der Waals surface area contributed by atoms with Gasteiger partial charge in [0.05, 0.1) is 0 Å². The molecule has 3 N–H and O–H groups in total. The van der Waals surface area contributed by atoms with Crippen LogP contribution in [-0.2, 0) is 9.53 Å². The average Bonchev–Trinajstić information content (AvgIpc) is 2.42. The summed E-state index contributed by atoms with van der Waals surface area (Å²) in [7, 11) is 0. The maximum atomic E-state index is 11.8. The largest absolute Gasteiger partial charge is 0.480 e. The van der Waals surface area contributed by atoms with Gasteiger partial charge in [-0.25, -0.2) is 9.59 Å². The highest BCUT2D eigenvalue weighted by molar-refractivity contribution is 5.82. The molecule has 6 nitrogen and oxygen atoms in total. The summed E-state index contributed by atoms with van der Waals surface area (Å²) in [4.78, 5) is 22.8. The fourth-order valence-corrected chi connectivity index (χ4v) is 2.21. The van der Waals surface area contributed by atoms with E-state index in [0.29, 0.717) is 26.2 Å². The van der Waals surface area contributed by atoms with Gasteiger partial charge < -0.3 is 20.5 Å². The second-order valence-corrected chi connectivity index (χ2v) is 5.78. The van der Waals surface area contributed by atoms with Gasteiger partial charge in [-0.3, -0.25) is 0 Å².